The molecule has 0 fully saturated rings. The Morgan fingerprint density at radius 1 is 0.921 bits per heavy atom. The number of sulfonamides is 1. The number of benzene rings is 3. The van der Waals surface area contributed by atoms with Crippen molar-refractivity contribution in [3.05, 3.63) is 90.5 Å². The number of nitrogens with zero attached hydrogens (tertiary/aromatic N) is 2. The summed E-state index contributed by atoms with van der Waals surface area (Å²) in [4.78, 5) is 28.4. The fourth-order valence-corrected chi connectivity index (χ4v) is 5.29. The van der Waals surface area contributed by atoms with Crippen LogP contribution in [0.3, 0.4) is 0 Å². The summed E-state index contributed by atoms with van der Waals surface area (Å²) in [6.45, 7) is 5.11. The van der Waals surface area contributed by atoms with Crippen molar-refractivity contribution >= 4 is 27.5 Å². The molecule has 8 nitrogen and oxygen atoms in total. The summed E-state index contributed by atoms with van der Waals surface area (Å²) in [7, 11) is -2.52. The summed E-state index contributed by atoms with van der Waals surface area (Å²) in [5.74, 6) is -0.208. The Hall–Kier alpha value is -3.85. The molecule has 0 heterocycles. The molecule has 9 heteroatoms. The smallest absolute Gasteiger partial charge is 0.264 e. The van der Waals surface area contributed by atoms with Gasteiger partial charge in [0.25, 0.3) is 10.0 Å². The van der Waals surface area contributed by atoms with Crippen molar-refractivity contribution in [1.82, 2.24) is 10.2 Å². The topological polar surface area (TPSA) is 96.0 Å². The highest BCUT2D eigenvalue weighted by Gasteiger charge is 2.32. The molecule has 0 aliphatic heterocycles. The van der Waals surface area contributed by atoms with Gasteiger partial charge in [-0.2, -0.15) is 0 Å². The Morgan fingerprint density at radius 2 is 1.55 bits per heavy atom. The molecule has 3 aromatic carbocycles. The van der Waals surface area contributed by atoms with E-state index in [4.69, 9.17) is 4.74 Å². The lowest BCUT2D eigenvalue weighted by Crippen LogP contribution is -2.52. The molecule has 3 rings (SSSR count). The van der Waals surface area contributed by atoms with Crippen molar-refractivity contribution < 1.29 is 22.7 Å². The zero-order valence-electron chi connectivity index (χ0n) is 22.2. The molecule has 0 spiro atoms. The van der Waals surface area contributed by atoms with Crippen LogP contribution in [0.1, 0.15) is 32.8 Å². The van der Waals surface area contributed by atoms with Crippen molar-refractivity contribution in [2.75, 3.05) is 18.0 Å². The van der Waals surface area contributed by atoms with Gasteiger partial charge in [-0.1, -0.05) is 55.5 Å². The summed E-state index contributed by atoms with van der Waals surface area (Å²) in [5, 5.41) is 2.92. The summed E-state index contributed by atoms with van der Waals surface area (Å²) in [5.41, 5.74) is 1.10. The van der Waals surface area contributed by atoms with E-state index >= 15 is 0 Å². The number of methoxy groups -OCH3 is 1. The van der Waals surface area contributed by atoms with Gasteiger partial charge in [0.15, 0.2) is 0 Å². The molecule has 0 aromatic heterocycles. The number of nitrogens with one attached hydrogen (secondary N) is 1. The summed E-state index contributed by atoms with van der Waals surface area (Å²) in [6.07, 6.45) is 0.736. The van der Waals surface area contributed by atoms with Gasteiger partial charge in [0.1, 0.15) is 18.3 Å². The Labute approximate surface area is 225 Å². The second-order valence-electron chi connectivity index (χ2n) is 9.03. The van der Waals surface area contributed by atoms with Crippen molar-refractivity contribution in [2.45, 2.75) is 50.7 Å². The van der Waals surface area contributed by atoms with Crippen molar-refractivity contribution in [3.8, 4) is 5.75 Å². The maximum absolute atomic E-state index is 13.9. The minimum Gasteiger partial charge on any atom is -0.497 e. The zero-order valence-corrected chi connectivity index (χ0v) is 23.0. The second kappa shape index (κ2) is 13.1. The minimum absolute atomic E-state index is 0.0681. The van der Waals surface area contributed by atoms with Crippen LogP contribution in [0.4, 0.5) is 5.69 Å². The molecule has 2 atom stereocenters. The Balaban J connectivity index is 1.99. The van der Waals surface area contributed by atoms with Crippen LogP contribution in [-0.4, -0.2) is 50.9 Å². The molecule has 0 saturated heterocycles. The largest absolute Gasteiger partial charge is 0.497 e. The highest BCUT2D eigenvalue weighted by molar-refractivity contribution is 7.92. The van der Waals surface area contributed by atoms with E-state index in [0.717, 1.165) is 16.3 Å². The first-order chi connectivity index (χ1) is 18.2. The van der Waals surface area contributed by atoms with E-state index in [9.17, 15) is 18.0 Å². The Morgan fingerprint density at radius 3 is 2.16 bits per heavy atom. The standard InChI is InChI=1S/C29H35N3O5S/c1-5-22(2)30-29(34)23(3)31(20-24-13-12-16-26(19-24)37-4)28(33)21-32(25-14-8-6-9-15-25)38(35,36)27-17-10-7-11-18-27/h6-19,22-23H,5,20-21H2,1-4H3,(H,30,34)/t22-,23-/m1/s1. The van der Waals surface area contributed by atoms with Crippen LogP contribution in [-0.2, 0) is 26.2 Å². The van der Waals surface area contributed by atoms with Gasteiger partial charge in [-0.05, 0) is 62.2 Å². The Bertz CT molecular complexity index is 1320. The molecular weight excluding hydrogens is 502 g/mol. The lowest BCUT2D eigenvalue weighted by Gasteiger charge is -2.32. The molecule has 202 valence electrons. The number of anilines is 1. The lowest BCUT2D eigenvalue weighted by atomic mass is 10.1. The van der Waals surface area contributed by atoms with Crippen LogP contribution >= 0.6 is 0 Å². The van der Waals surface area contributed by atoms with Gasteiger partial charge in [0.2, 0.25) is 11.8 Å². The monoisotopic (exact) mass is 537 g/mol. The highest BCUT2D eigenvalue weighted by atomic mass is 32.2. The van der Waals surface area contributed by atoms with Gasteiger partial charge in [-0.3, -0.25) is 13.9 Å². The van der Waals surface area contributed by atoms with Crippen molar-refractivity contribution in [2.24, 2.45) is 0 Å². The summed E-state index contributed by atoms with van der Waals surface area (Å²) < 4.78 is 33.8. The first-order valence-electron chi connectivity index (χ1n) is 12.5. The van der Waals surface area contributed by atoms with E-state index in [0.29, 0.717) is 11.4 Å². The predicted molar refractivity (Wildman–Crippen MR) is 148 cm³/mol. The zero-order chi connectivity index (χ0) is 27.7. The SMILES string of the molecule is CC[C@@H](C)NC(=O)[C@@H](C)N(Cc1cccc(OC)c1)C(=O)CN(c1ccccc1)S(=O)(=O)c1ccccc1. The fraction of sp³-hybridized carbons (Fsp3) is 0.310. The second-order valence-corrected chi connectivity index (χ2v) is 10.9. The third-order valence-corrected chi connectivity index (χ3v) is 8.10. The van der Waals surface area contributed by atoms with Crippen molar-refractivity contribution in [3.63, 3.8) is 0 Å². The van der Waals surface area contributed by atoms with Gasteiger partial charge in [0, 0.05) is 12.6 Å². The predicted octanol–water partition coefficient (Wildman–Crippen LogP) is 4.22. The van der Waals surface area contributed by atoms with Gasteiger partial charge >= 0.3 is 0 Å². The maximum atomic E-state index is 13.9. The number of hydrogen-bond acceptors (Lipinski definition) is 5. The van der Waals surface area contributed by atoms with Crippen LogP contribution in [0.25, 0.3) is 0 Å². The number of carbonyl (C=O) groups is 2. The molecular formula is C29H35N3O5S. The summed E-state index contributed by atoms with van der Waals surface area (Å²) in [6, 6.07) is 22.7. The molecule has 0 aliphatic rings. The molecule has 0 aliphatic carbocycles. The molecule has 0 radical (unpaired) electrons. The van der Waals surface area contributed by atoms with E-state index in [1.165, 1.54) is 17.0 Å². The average molecular weight is 538 g/mol. The number of carbonyl (C=O) groups excluding carboxylic acids is 2. The number of amides is 2. The van der Waals surface area contributed by atoms with Crippen LogP contribution in [0.15, 0.2) is 89.8 Å². The first-order valence-corrected chi connectivity index (χ1v) is 14.0. The number of hydrogen-bond donors (Lipinski definition) is 1. The molecule has 1 N–H and O–H groups in total. The minimum atomic E-state index is -4.07. The fourth-order valence-electron chi connectivity index (χ4n) is 3.86. The van der Waals surface area contributed by atoms with Gasteiger partial charge in [0.05, 0.1) is 17.7 Å². The van der Waals surface area contributed by atoms with Gasteiger partial charge < -0.3 is 15.0 Å². The Kier molecular flexibility index (Phi) is 9.90. The molecule has 2 amide bonds. The normalized spacial score (nSPS) is 12.7. The molecule has 0 unspecified atom stereocenters. The summed E-state index contributed by atoms with van der Waals surface area (Å²) >= 11 is 0. The quantitative estimate of drug-likeness (QED) is 0.373. The third kappa shape index (κ3) is 7.13. The lowest BCUT2D eigenvalue weighted by molar-refractivity contribution is -0.139. The van der Waals surface area contributed by atoms with Crippen molar-refractivity contribution in [1.29, 1.82) is 0 Å². The van der Waals surface area contributed by atoms with Crippen LogP contribution in [0, 0.1) is 0 Å². The van der Waals surface area contributed by atoms with Crippen LogP contribution in [0.2, 0.25) is 0 Å². The number of rotatable bonds is 12. The number of ether oxygens (including phenoxy) is 1. The molecule has 38 heavy (non-hydrogen) atoms. The number of para-hydroxylation sites is 1. The van der Waals surface area contributed by atoms with E-state index in [1.807, 2.05) is 19.9 Å². The van der Waals surface area contributed by atoms with Gasteiger partial charge in [-0.25, -0.2) is 8.42 Å². The first kappa shape index (κ1) is 28.7. The molecule has 0 bridgehead atoms. The highest BCUT2D eigenvalue weighted by Crippen LogP contribution is 2.24. The average Bonchev–Trinajstić information content (AvgIpc) is 2.94. The van der Waals surface area contributed by atoms with Gasteiger partial charge in [-0.15, -0.1) is 0 Å². The molecule has 3 aromatic rings. The van der Waals surface area contributed by atoms with E-state index < -0.39 is 28.5 Å². The third-order valence-electron chi connectivity index (χ3n) is 6.31. The van der Waals surface area contributed by atoms with Crippen LogP contribution < -0.4 is 14.4 Å². The van der Waals surface area contributed by atoms with E-state index in [-0.39, 0.29) is 23.4 Å². The molecule has 0 saturated carbocycles. The maximum Gasteiger partial charge on any atom is 0.264 e. The van der Waals surface area contributed by atoms with E-state index in [1.54, 1.807) is 80.8 Å². The van der Waals surface area contributed by atoms with E-state index in [2.05, 4.69) is 5.32 Å². The van der Waals surface area contributed by atoms with Crippen LogP contribution in [0.5, 0.6) is 5.75 Å².